The zero-order valence-electron chi connectivity index (χ0n) is 9.99. The Morgan fingerprint density at radius 3 is 2.62 bits per heavy atom. The highest BCUT2D eigenvalue weighted by molar-refractivity contribution is 5.20. The van der Waals surface area contributed by atoms with Crippen LogP contribution in [0.3, 0.4) is 0 Å². The molecule has 0 bridgehead atoms. The van der Waals surface area contributed by atoms with Crippen molar-refractivity contribution in [3.05, 3.63) is 30.3 Å². The van der Waals surface area contributed by atoms with Crippen LogP contribution in [0.15, 0.2) is 30.3 Å². The standard InChI is InChI=1S/C14H21NO/c1-15-13(10-12-6-5-7-12)11-16-14-8-3-2-4-9-14/h2-4,8-9,12-13,15H,5-7,10-11H2,1H3. The second-order valence-electron chi connectivity index (χ2n) is 4.64. The summed E-state index contributed by atoms with van der Waals surface area (Å²) in [5, 5.41) is 3.35. The van der Waals surface area contributed by atoms with Crippen molar-refractivity contribution in [3.8, 4) is 5.75 Å². The van der Waals surface area contributed by atoms with Crippen molar-refractivity contribution in [2.45, 2.75) is 31.7 Å². The van der Waals surface area contributed by atoms with Crippen molar-refractivity contribution in [2.75, 3.05) is 13.7 Å². The number of likely N-dealkylation sites (N-methyl/N-ethyl adjacent to an activating group) is 1. The number of ether oxygens (including phenoxy) is 1. The SMILES string of the molecule is CNC(COc1ccccc1)CC1CCC1. The Morgan fingerprint density at radius 1 is 1.31 bits per heavy atom. The van der Waals surface area contributed by atoms with Gasteiger partial charge in [0.2, 0.25) is 0 Å². The molecule has 0 aromatic heterocycles. The van der Waals surface area contributed by atoms with Gasteiger partial charge < -0.3 is 10.1 Å². The van der Waals surface area contributed by atoms with Gasteiger partial charge in [0.05, 0.1) is 0 Å². The van der Waals surface area contributed by atoms with E-state index < -0.39 is 0 Å². The van der Waals surface area contributed by atoms with Gasteiger partial charge in [-0.3, -0.25) is 0 Å². The van der Waals surface area contributed by atoms with E-state index in [-0.39, 0.29) is 0 Å². The molecule has 2 nitrogen and oxygen atoms in total. The average molecular weight is 219 g/mol. The van der Waals surface area contributed by atoms with Gasteiger partial charge in [-0.15, -0.1) is 0 Å². The van der Waals surface area contributed by atoms with E-state index in [4.69, 9.17) is 4.74 Å². The number of para-hydroxylation sites is 1. The van der Waals surface area contributed by atoms with Gasteiger partial charge in [0.15, 0.2) is 0 Å². The first-order valence-corrected chi connectivity index (χ1v) is 6.23. The van der Waals surface area contributed by atoms with Crippen molar-refractivity contribution in [2.24, 2.45) is 5.92 Å². The first-order valence-electron chi connectivity index (χ1n) is 6.23. The summed E-state index contributed by atoms with van der Waals surface area (Å²) in [5.41, 5.74) is 0. The van der Waals surface area contributed by atoms with Gasteiger partial charge >= 0.3 is 0 Å². The highest BCUT2D eigenvalue weighted by atomic mass is 16.5. The van der Waals surface area contributed by atoms with Crippen LogP contribution in [0.4, 0.5) is 0 Å². The molecule has 1 aromatic carbocycles. The molecule has 2 heteroatoms. The minimum atomic E-state index is 0.491. The highest BCUT2D eigenvalue weighted by Crippen LogP contribution is 2.30. The number of nitrogens with one attached hydrogen (secondary N) is 1. The third-order valence-corrected chi connectivity index (χ3v) is 3.45. The van der Waals surface area contributed by atoms with Crippen molar-refractivity contribution in [1.82, 2.24) is 5.32 Å². The second-order valence-corrected chi connectivity index (χ2v) is 4.64. The predicted octanol–water partition coefficient (Wildman–Crippen LogP) is 2.84. The number of hydrogen-bond donors (Lipinski definition) is 1. The summed E-state index contributed by atoms with van der Waals surface area (Å²) >= 11 is 0. The van der Waals surface area contributed by atoms with Crippen molar-refractivity contribution < 1.29 is 4.74 Å². The molecule has 1 saturated carbocycles. The largest absolute Gasteiger partial charge is 0.492 e. The zero-order chi connectivity index (χ0) is 11.2. The van der Waals surface area contributed by atoms with E-state index in [0.29, 0.717) is 6.04 Å². The Kier molecular flexibility index (Phi) is 4.23. The zero-order valence-corrected chi connectivity index (χ0v) is 9.99. The summed E-state index contributed by atoms with van der Waals surface area (Å²) < 4.78 is 5.77. The predicted molar refractivity (Wildman–Crippen MR) is 66.7 cm³/mol. The van der Waals surface area contributed by atoms with E-state index >= 15 is 0 Å². The summed E-state index contributed by atoms with van der Waals surface area (Å²) in [6.07, 6.45) is 5.48. The Morgan fingerprint density at radius 2 is 2.06 bits per heavy atom. The number of hydrogen-bond acceptors (Lipinski definition) is 2. The fourth-order valence-corrected chi connectivity index (χ4v) is 2.11. The van der Waals surface area contributed by atoms with Crippen LogP contribution in [0.1, 0.15) is 25.7 Å². The lowest BCUT2D eigenvalue weighted by Crippen LogP contribution is -2.35. The van der Waals surface area contributed by atoms with E-state index in [1.165, 1.54) is 25.7 Å². The molecule has 1 N–H and O–H groups in total. The van der Waals surface area contributed by atoms with Crippen molar-refractivity contribution >= 4 is 0 Å². The van der Waals surface area contributed by atoms with E-state index in [0.717, 1.165) is 18.3 Å². The molecular formula is C14H21NO. The lowest BCUT2D eigenvalue weighted by atomic mass is 9.81. The summed E-state index contributed by atoms with van der Waals surface area (Å²) in [7, 11) is 2.03. The van der Waals surface area contributed by atoms with E-state index in [1.54, 1.807) is 0 Å². The quantitative estimate of drug-likeness (QED) is 0.794. The van der Waals surface area contributed by atoms with Gasteiger partial charge in [-0.2, -0.15) is 0 Å². The van der Waals surface area contributed by atoms with E-state index in [2.05, 4.69) is 5.32 Å². The molecule has 1 unspecified atom stereocenters. The first-order chi connectivity index (χ1) is 7.88. The molecule has 0 amide bonds. The second kappa shape index (κ2) is 5.90. The molecule has 0 heterocycles. The van der Waals surface area contributed by atoms with Crippen LogP contribution >= 0.6 is 0 Å². The highest BCUT2D eigenvalue weighted by Gasteiger charge is 2.21. The molecule has 0 spiro atoms. The van der Waals surface area contributed by atoms with Gasteiger partial charge in [0.1, 0.15) is 12.4 Å². The Labute approximate surface area is 98.0 Å². The van der Waals surface area contributed by atoms with Crippen LogP contribution in [0.2, 0.25) is 0 Å². The maximum atomic E-state index is 5.77. The topological polar surface area (TPSA) is 21.3 Å². The normalized spacial score (nSPS) is 17.8. The lowest BCUT2D eigenvalue weighted by Gasteiger charge is -2.29. The Balaban J connectivity index is 1.73. The van der Waals surface area contributed by atoms with Crippen LogP contribution < -0.4 is 10.1 Å². The fraction of sp³-hybridized carbons (Fsp3) is 0.571. The Hall–Kier alpha value is -1.02. The summed E-state index contributed by atoms with van der Waals surface area (Å²) in [4.78, 5) is 0. The van der Waals surface area contributed by atoms with Crippen molar-refractivity contribution in [1.29, 1.82) is 0 Å². The van der Waals surface area contributed by atoms with Gasteiger partial charge in [-0.25, -0.2) is 0 Å². The van der Waals surface area contributed by atoms with Gasteiger partial charge in [-0.1, -0.05) is 37.5 Å². The van der Waals surface area contributed by atoms with Gasteiger partial charge in [0.25, 0.3) is 0 Å². The molecular weight excluding hydrogens is 198 g/mol. The monoisotopic (exact) mass is 219 g/mol. The van der Waals surface area contributed by atoms with Gasteiger partial charge in [0, 0.05) is 6.04 Å². The van der Waals surface area contributed by atoms with Gasteiger partial charge in [-0.05, 0) is 31.5 Å². The smallest absolute Gasteiger partial charge is 0.119 e. The first kappa shape index (κ1) is 11.5. The van der Waals surface area contributed by atoms with Crippen LogP contribution in [0.25, 0.3) is 0 Å². The van der Waals surface area contributed by atoms with Crippen LogP contribution in [0, 0.1) is 5.92 Å². The Bertz CT molecular complexity index is 295. The summed E-state index contributed by atoms with van der Waals surface area (Å²) in [6, 6.07) is 10.5. The molecule has 0 radical (unpaired) electrons. The number of rotatable bonds is 6. The van der Waals surface area contributed by atoms with E-state index in [1.807, 2.05) is 37.4 Å². The molecule has 88 valence electrons. The number of benzene rings is 1. The van der Waals surface area contributed by atoms with Crippen LogP contribution in [0.5, 0.6) is 5.75 Å². The molecule has 1 aromatic rings. The molecule has 2 rings (SSSR count). The minimum absolute atomic E-state index is 0.491. The molecule has 1 fully saturated rings. The lowest BCUT2D eigenvalue weighted by molar-refractivity contribution is 0.207. The van der Waals surface area contributed by atoms with Crippen molar-refractivity contribution in [3.63, 3.8) is 0 Å². The fourth-order valence-electron chi connectivity index (χ4n) is 2.11. The molecule has 0 aliphatic heterocycles. The maximum Gasteiger partial charge on any atom is 0.119 e. The third kappa shape index (κ3) is 3.24. The van der Waals surface area contributed by atoms with E-state index in [9.17, 15) is 0 Å². The molecule has 1 atom stereocenters. The summed E-state index contributed by atoms with van der Waals surface area (Å²) in [5.74, 6) is 1.90. The maximum absolute atomic E-state index is 5.77. The molecule has 0 saturated heterocycles. The van der Waals surface area contributed by atoms with Crippen LogP contribution in [-0.4, -0.2) is 19.7 Å². The third-order valence-electron chi connectivity index (χ3n) is 3.45. The average Bonchev–Trinajstić information content (AvgIpc) is 2.28. The summed E-state index contributed by atoms with van der Waals surface area (Å²) in [6.45, 7) is 0.775. The molecule has 1 aliphatic carbocycles. The molecule has 1 aliphatic rings. The van der Waals surface area contributed by atoms with Crippen LogP contribution in [-0.2, 0) is 0 Å². The molecule has 16 heavy (non-hydrogen) atoms. The minimum Gasteiger partial charge on any atom is -0.492 e.